The first-order valence-electron chi connectivity index (χ1n) is 9.80. The van der Waals surface area contributed by atoms with Crippen molar-refractivity contribution in [2.24, 2.45) is 0 Å². The Kier molecular flexibility index (Phi) is 9.60. The molecule has 0 aliphatic carbocycles. The molecule has 1 fully saturated rings. The fourth-order valence-corrected chi connectivity index (χ4v) is 8.52. The summed E-state index contributed by atoms with van der Waals surface area (Å²) in [7, 11) is 2.69. The standard InChI is InChI=1S/C17H42N6P/c1-9-21(10-2)24(22(11-3)12-4,23(13-5)14-6)18-17-19(7)15-16-20(17)8/h17-18H,9-16H2,1-8H3/q+1. The molecule has 1 rings (SSSR count). The summed E-state index contributed by atoms with van der Waals surface area (Å²) < 4.78 is 8.06. The number of hydrogen-bond donors (Lipinski definition) is 1. The maximum Gasteiger partial charge on any atom is 0.308 e. The third kappa shape index (κ3) is 4.29. The summed E-state index contributed by atoms with van der Waals surface area (Å²) in [5.74, 6) is 0. The molecule has 0 unspecified atom stereocenters. The Morgan fingerprint density at radius 2 is 1.00 bits per heavy atom. The second-order valence-electron chi connectivity index (χ2n) is 6.45. The molecule has 0 aromatic rings. The molecular weight excluding hydrogens is 319 g/mol. The first-order chi connectivity index (χ1) is 11.5. The minimum atomic E-state index is -1.78. The van der Waals surface area contributed by atoms with E-state index in [2.05, 4.69) is 84.5 Å². The summed E-state index contributed by atoms with van der Waals surface area (Å²) in [6, 6.07) is 0. The molecule has 0 atom stereocenters. The van der Waals surface area contributed by atoms with Crippen molar-refractivity contribution in [3.05, 3.63) is 0 Å². The van der Waals surface area contributed by atoms with Crippen LogP contribution in [0.2, 0.25) is 0 Å². The van der Waals surface area contributed by atoms with Crippen LogP contribution < -0.4 is 5.09 Å². The summed E-state index contributed by atoms with van der Waals surface area (Å²) in [6.07, 6.45) is 0.306. The van der Waals surface area contributed by atoms with E-state index in [4.69, 9.17) is 0 Å². The van der Waals surface area contributed by atoms with Crippen molar-refractivity contribution in [1.82, 2.24) is 28.9 Å². The van der Waals surface area contributed by atoms with Crippen molar-refractivity contribution in [3.63, 3.8) is 0 Å². The third-order valence-electron chi connectivity index (χ3n) is 5.30. The monoisotopic (exact) mass is 361 g/mol. The lowest BCUT2D eigenvalue weighted by atomic mass is 10.6. The lowest BCUT2D eigenvalue weighted by molar-refractivity contribution is 0.160. The van der Waals surface area contributed by atoms with Gasteiger partial charge in [-0.25, -0.2) is 0 Å². The highest BCUT2D eigenvalue weighted by atomic mass is 31.2. The van der Waals surface area contributed by atoms with Crippen LogP contribution in [0.4, 0.5) is 0 Å². The van der Waals surface area contributed by atoms with E-state index in [1.807, 2.05) is 0 Å². The van der Waals surface area contributed by atoms with E-state index >= 15 is 0 Å². The van der Waals surface area contributed by atoms with E-state index < -0.39 is 7.87 Å². The number of hydrogen-bond acceptors (Lipinski definition) is 6. The molecule has 1 saturated heterocycles. The molecule has 0 aromatic heterocycles. The normalized spacial score (nSPS) is 18.6. The van der Waals surface area contributed by atoms with Gasteiger partial charge >= 0.3 is 7.87 Å². The molecule has 0 radical (unpaired) electrons. The molecule has 24 heavy (non-hydrogen) atoms. The highest BCUT2D eigenvalue weighted by Crippen LogP contribution is 2.64. The van der Waals surface area contributed by atoms with Crippen molar-refractivity contribution in [1.29, 1.82) is 0 Å². The molecule has 7 heteroatoms. The second kappa shape index (κ2) is 10.4. The highest BCUT2D eigenvalue weighted by Gasteiger charge is 2.56. The van der Waals surface area contributed by atoms with E-state index in [9.17, 15) is 0 Å². The molecule has 144 valence electrons. The van der Waals surface area contributed by atoms with Gasteiger partial charge in [0, 0.05) is 52.4 Å². The van der Waals surface area contributed by atoms with Crippen molar-refractivity contribution in [2.45, 2.75) is 47.8 Å². The van der Waals surface area contributed by atoms with E-state index in [1.165, 1.54) is 0 Å². The largest absolute Gasteiger partial charge is 0.308 e. The zero-order valence-electron chi connectivity index (χ0n) is 17.4. The van der Waals surface area contributed by atoms with Gasteiger partial charge in [-0.2, -0.15) is 0 Å². The zero-order chi connectivity index (χ0) is 18.3. The Hall–Kier alpha value is 0.190. The van der Waals surface area contributed by atoms with Gasteiger partial charge in [0.1, 0.15) is 0 Å². The Morgan fingerprint density at radius 3 is 1.25 bits per heavy atom. The van der Waals surface area contributed by atoms with Crippen LogP contribution in [-0.4, -0.2) is 96.6 Å². The summed E-state index contributed by atoms with van der Waals surface area (Å²) in [4.78, 5) is 4.90. The molecule has 0 spiro atoms. The van der Waals surface area contributed by atoms with Gasteiger partial charge in [0.2, 0.25) is 0 Å². The first-order valence-corrected chi connectivity index (χ1v) is 11.4. The smallest absolute Gasteiger partial charge is 0.275 e. The minimum Gasteiger partial charge on any atom is -0.275 e. The van der Waals surface area contributed by atoms with Gasteiger partial charge in [0.05, 0.1) is 0 Å². The lowest BCUT2D eigenvalue weighted by Crippen LogP contribution is -2.58. The summed E-state index contributed by atoms with van der Waals surface area (Å²) in [6.45, 7) is 22.5. The fraction of sp³-hybridized carbons (Fsp3) is 1.00. The molecule has 1 aliphatic heterocycles. The van der Waals surface area contributed by atoms with Gasteiger partial charge in [-0.15, -0.1) is 19.1 Å². The summed E-state index contributed by atoms with van der Waals surface area (Å²) in [5, 5.41) is 4.18. The second-order valence-corrected chi connectivity index (χ2v) is 9.54. The predicted octanol–water partition coefficient (Wildman–Crippen LogP) is 2.44. The number of rotatable bonds is 11. The van der Waals surface area contributed by atoms with E-state index in [0.29, 0.717) is 6.29 Å². The van der Waals surface area contributed by atoms with Gasteiger partial charge in [-0.3, -0.25) is 9.80 Å². The van der Waals surface area contributed by atoms with Crippen LogP contribution in [-0.2, 0) is 0 Å². The van der Waals surface area contributed by atoms with Crippen molar-refractivity contribution in [2.75, 3.05) is 66.5 Å². The van der Waals surface area contributed by atoms with Crippen molar-refractivity contribution in [3.8, 4) is 0 Å². The molecule has 0 aromatic carbocycles. The molecule has 0 bridgehead atoms. The minimum absolute atomic E-state index is 0.306. The Bertz CT molecular complexity index is 303. The Labute approximate surface area is 151 Å². The van der Waals surface area contributed by atoms with Gasteiger partial charge in [0.25, 0.3) is 0 Å². The van der Waals surface area contributed by atoms with E-state index in [-0.39, 0.29) is 0 Å². The highest BCUT2D eigenvalue weighted by molar-refractivity contribution is 7.67. The van der Waals surface area contributed by atoms with Crippen LogP contribution >= 0.6 is 7.87 Å². The lowest BCUT2D eigenvalue weighted by Gasteiger charge is -2.47. The number of nitrogens with zero attached hydrogens (tertiary/aromatic N) is 5. The predicted molar refractivity (Wildman–Crippen MR) is 108 cm³/mol. The number of likely N-dealkylation sites (N-methyl/N-ethyl adjacent to an activating group) is 2. The average molecular weight is 362 g/mol. The maximum atomic E-state index is 4.18. The molecule has 1 N–H and O–H groups in total. The third-order valence-corrected chi connectivity index (χ3v) is 9.94. The van der Waals surface area contributed by atoms with Crippen LogP contribution in [0.15, 0.2) is 0 Å². The van der Waals surface area contributed by atoms with E-state index in [0.717, 1.165) is 52.4 Å². The maximum absolute atomic E-state index is 4.18. The fourth-order valence-electron chi connectivity index (χ4n) is 3.88. The first kappa shape index (κ1) is 22.2. The Morgan fingerprint density at radius 1 is 0.708 bits per heavy atom. The number of nitrogens with one attached hydrogen (secondary N) is 1. The van der Waals surface area contributed by atoms with Gasteiger partial charge < -0.3 is 0 Å². The summed E-state index contributed by atoms with van der Waals surface area (Å²) >= 11 is 0. The van der Waals surface area contributed by atoms with Crippen LogP contribution in [0.3, 0.4) is 0 Å². The zero-order valence-corrected chi connectivity index (χ0v) is 18.3. The van der Waals surface area contributed by atoms with Crippen molar-refractivity contribution >= 4 is 7.87 Å². The topological polar surface area (TPSA) is 28.2 Å². The van der Waals surface area contributed by atoms with Gasteiger partial charge in [-0.1, -0.05) is 0 Å². The summed E-state index contributed by atoms with van der Waals surface area (Å²) in [5.41, 5.74) is 0. The van der Waals surface area contributed by atoms with Gasteiger partial charge in [0.15, 0.2) is 6.29 Å². The van der Waals surface area contributed by atoms with Crippen molar-refractivity contribution < 1.29 is 0 Å². The van der Waals surface area contributed by atoms with Crippen LogP contribution in [0.25, 0.3) is 0 Å². The molecule has 0 saturated carbocycles. The molecular formula is C17H42N6P+. The SMILES string of the molecule is CCN(CC)[P+](NC1N(C)CCN1C)(N(CC)CC)N(CC)CC. The Balaban J connectivity index is 3.37. The quantitative estimate of drug-likeness (QED) is 0.569. The molecule has 1 aliphatic rings. The molecule has 6 nitrogen and oxygen atoms in total. The van der Waals surface area contributed by atoms with Crippen LogP contribution in [0, 0.1) is 0 Å². The van der Waals surface area contributed by atoms with E-state index in [1.54, 1.807) is 0 Å². The van der Waals surface area contributed by atoms with Crippen LogP contribution in [0.1, 0.15) is 41.5 Å². The van der Waals surface area contributed by atoms with Gasteiger partial charge in [-0.05, 0) is 55.6 Å². The molecule has 0 amide bonds. The average Bonchev–Trinajstić information content (AvgIpc) is 2.89. The molecule has 1 heterocycles. The van der Waals surface area contributed by atoms with Crippen LogP contribution in [0.5, 0.6) is 0 Å².